The molecule has 0 unspecified atom stereocenters. The van der Waals surface area contributed by atoms with Gasteiger partial charge in [0.1, 0.15) is 0 Å². The number of hydrogen-bond acceptors (Lipinski definition) is 3. The number of hydrogen-bond donors (Lipinski definition) is 0. The second-order valence-electron chi connectivity index (χ2n) is 7.64. The summed E-state index contributed by atoms with van der Waals surface area (Å²) in [6.45, 7) is 1.93. The van der Waals surface area contributed by atoms with Crippen molar-refractivity contribution in [2.75, 3.05) is 19.0 Å². The molecule has 3 rings (SSSR count). The molecule has 0 N–H and O–H groups in total. The fraction of sp³-hybridized carbons (Fsp3) is 0.409. The predicted octanol–water partition coefficient (Wildman–Crippen LogP) is 4.99. The van der Waals surface area contributed by atoms with Crippen molar-refractivity contribution in [3.63, 3.8) is 0 Å². The first-order chi connectivity index (χ1) is 13.7. The zero-order valence-electron chi connectivity index (χ0n) is 17.1. The molecule has 1 aliphatic carbocycles. The van der Waals surface area contributed by atoms with E-state index in [1.165, 1.54) is 10.4 Å². The topological polar surface area (TPSA) is 57.7 Å². The van der Waals surface area contributed by atoms with E-state index in [2.05, 4.69) is 15.9 Å². The van der Waals surface area contributed by atoms with Crippen molar-refractivity contribution in [1.29, 1.82) is 0 Å². The fourth-order valence-corrected chi connectivity index (χ4v) is 5.83. The maximum Gasteiger partial charge on any atom is 0.258 e. The van der Waals surface area contributed by atoms with E-state index in [0.717, 1.165) is 47.8 Å². The number of carbonyl (C=O) groups excluding carboxylic acids is 1. The Morgan fingerprint density at radius 1 is 1.03 bits per heavy atom. The lowest BCUT2D eigenvalue weighted by Gasteiger charge is -2.30. The van der Waals surface area contributed by atoms with Crippen LogP contribution in [0, 0.1) is 6.92 Å². The van der Waals surface area contributed by atoms with Crippen LogP contribution in [0.2, 0.25) is 0 Å². The minimum absolute atomic E-state index is 0.0289. The molecule has 0 spiro atoms. The third-order valence-electron chi connectivity index (χ3n) is 5.67. The van der Waals surface area contributed by atoms with Crippen molar-refractivity contribution < 1.29 is 13.2 Å². The summed E-state index contributed by atoms with van der Waals surface area (Å²) in [6, 6.07) is 12.1. The highest BCUT2D eigenvalue weighted by molar-refractivity contribution is 9.10. The van der Waals surface area contributed by atoms with E-state index < -0.39 is 10.0 Å². The van der Waals surface area contributed by atoms with Gasteiger partial charge in [-0.3, -0.25) is 4.79 Å². The van der Waals surface area contributed by atoms with E-state index >= 15 is 0 Å². The van der Waals surface area contributed by atoms with Gasteiger partial charge in [0.05, 0.1) is 4.90 Å². The molecule has 0 atom stereocenters. The van der Waals surface area contributed by atoms with E-state index in [0.29, 0.717) is 5.56 Å². The molecule has 0 bridgehead atoms. The third kappa shape index (κ3) is 4.73. The molecule has 0 aliphatic heterocycles. The molecule has 1 amide bonds. The number of rotatable bonds is 5. The van der Waals surface area contributed by atoms with Crippen molar-refractivity contribution in [1.82, 2.24) is 4.31 Å². The van der Waals surface area contributed by atoms with E-state index in [4.69, 9.17) is 0 Å². The summed E-state index contributed by atoms with van der Waals surface area (Å²) in [5, 5.41) is 0. The highest BCUT2D eigenvalue weighted by Gasteiger charge is 2.29. The summed E-state index contributed by atoms with van der Waals surface area (Å²) in [4.78, 5) is 14.8. The lowest BCUT2D eigenvalue weighted by Crippen LogP contribution is -2.38. The SMILES string of the molecule is Cc1cc(Br)ccc1N(C)C(=O)c1cccc(S(=O)(=O)N(C)C2CCCCC2)c1. The number of sulfonamides is 1. The molecule has 0 radical (unpaired) electrons. The van der Waals surface area contributed by atoms with E-state index in [1.807, 2.05) is 25.1 Å². The zero-order valence-corrected chi connectivity index (χ0v) is 19.5. The van der Waals surface area contributed by atoms with Gasteiger partial charge in [0.25, 0.3) is 5.91 Å². The van der Waals surface area contributed by atoms with Gasteiger partial charge in [0.2, 0.25) is 10.0 Å². The van der Waals surface area contributed by atoms with Crippen LogP contribution in [0.5, 0.6) is 0 Å². The summed E-state index contributed by atoms with van der Waals surface area (Å²) in [7, 11) is -0.290. The van der Waals surface area contributed by atoms with Crippen LogP contribution in [-0.4, -0.2) is 38.8 Å². The van der Waals surface area contributed by atoms with Crippen LogP contribution in [0.15, 0.2) is 51.8 Å². The summed E-state index contributed by atoms with van der Waals surface area (Å²) in [5.41, 5.74) is 2.09. The first-order valence-electron chi connectivity index (χ1n) is 9.84. The standard InChI is InChI=1S/C22H27BrN2O3S/c1-16-14-18(23)12-13-21(16)24(2)22(26)17-8-7-11-20(15-17)29(27,28)25(3)19-9-5-4-6-10-19/h7-8,11-15,19H,4-6,9-10H2,1-3H3. The molecule has 0 heterocycles. The smallest absolute Gasteiger partial charge is 0.258 e. The second kappa shape index (κ2) is 8.98. The number of halogens is 1. The Kier molecular flexibility index (Phi) is 6.81. The van der Waals surface area contributed by atoms with Gasteiger partial charge in [-0.25, -0.2) is 8.42 Å². The Labute approximate surface area is 181 Å². The second-order valence-corrected chi connectivity index (χ2v) is 10.5. The molecule has 2 aromatic rings. The van der Waals surface area contributed by atoms with Gasteiger partial charge in [-0.05, 0) is 61.7 Å². The number of amides is 1. The van der Waals surface area contributed by atoms with Crippen LogP contribution < -0.4 is 4.90 Å². The molecular weight excluding hydrogens is 452 g/mol. The lowest BCUT2D eigenvalue weighted by molar-refractivity contribution is 0.0992. The van der Waals surface area contributed by atoms with Crippen LogP contribution in [0.4, 0.5) is 5.69 Å². The van der Waals surface area contributed by atoms with Crippen molar-refractivity contribution in [3.8, 4) is 0 Å². The highest BCUT2D eigenvalue weighted by atomic mass is 79.9. The Balaban J connectivity index is 1.87. The van der Waals surface area contributed by atoms with Gasteiger partial charge < -0.3 is 4.90 Å². The monoisotopic (exact) mass is 478 g/mol. The summed E-state index contributed by atoms with van der Waals surface area (Å²) in [6.07, 6.45) is 5.05. The molecule has 5 nitrogen and oxygen atoms in total. The van der Waals surface area contributed by atoms with Crippen LogP contribution >= 0.6 is 15.9 Å². The predicted molar refractivity (Wildman–Crippen MR) is 120 cm³/mol. The Bertz CT molecular complexity index is 1000. The van der Waals surface area contributed by atoms with E-state index in [-0.39, 0.29) is 16.8 Å². The largest absolute Gasteiger partial charge is 0.311 e. The van der Waals surface area contributed by atoms with E-state index in [1.54, 1.807) is 37.2 Å². The Morgan fingerprint density at radius 2 is 1.72 bits per heavy atom. The molecule has 2 aromatic carbocycles. The highest BCUT2D eigenvalue weighted by Crippen LogP contribution is 2.28. The first-order valence-corrected chi connectivity index (χ1v) is 12.1. The van der Waals surface area contributed by atoms with Crippen molar-refractivity contribution in [2.45, 2.75) is 50.0 Å². The molecule has 29 heavy (non-hydrogen) atoms. The number of benzene rings is 2. The summed E-state index contributed by atoms with van der Waals surface area (Å²) < 4.78 is 28.7. The van der Waals surface area contributed by atoms with Crippen LogP contribution in [0.25, 0.3) is 0 Å². The normalized spacial score (nSPS) is 15.5. The maximum atomic E-state index is 13.1. The van der Waals surface area contributed by atoms with Crippen LogP contribution in [0.1, 0.15) is 48.0 Å². The third-order valence-corrected chi connectivity index (χ3v) is 8.07. The quantitative estimate of drug-likeness (QED) is 0.608. The zero-order chi connectivity index (χ0) is 21.2. The fourth-order valence-electron chi connectivity index (χ4n) is 3.90. The number of carbonyl (C=O) groups is 1. The van der Waals surface area contributed by atoms with Crippen LogP contribution in [-0.2, 0) is 10.0 Å². The van der Waals surface area contributed by atoms with Crippen LogP contribution in [0.3, 0.4) is 0 Å². The molecule has 0 saturated heterocycles. The number of nitrogens with zero attached hydrogens (tertiary/aromatic N) is 2. The molecule has 156 valence electrons. The van der Waals surface area contributed by atoms with Gasteiger partial charge in [0, 0.05) is 35.9 Å². The van der Waals surface area contributed by atoms with Gasteiger partial charge in [-0.1, -0.05) is 41.3 Å². The number of anilines is 1. The summed E-state index contributed by atoms with van der Waals surface area (Å²) in [5.74, 6) is -0.243. The molecule has 0 aromatic heterocycles. The van der Waals surface area contributed by atoms with Gasteiger partial charge in [-0.2, -0.15) is 4.31 Å². The number of aryl methyl sites for hydroxylation is 1. The lowest BCUT2D eigenvalue weighted by atomic mass is 9.96. The Morgan fingerprint density at radius 3 is 2.38 bits per heavy atom. The average Bonchev–Trinajstić information content (AvgIpc) is 2.73. The van der Waals surface area contributed by atoms with Gasteiger partial charge >= 0.3 is 0 Å². The minimum atomic E-state index is -3.64. The minimum Gasteiger partial charge on any atom is -0.311 e. The molecule has 1 saturated carbocycles. The van der Waals surface area contributed by atoms with Crippen molar-refractivity contribution in [3.05, 3.63) is 58.1 Å². The molecule has 1 fully saturated rings. The first kappa shape index (κ1) is 22.0. The maximum absolute atomic E-state index is 13.1. The molecule has 1 aliphatic rings. The Hall–Kier alpha value is -1.70. The van der Waals surface area contributed by atoms with Crippen molar-refractivity contribution >= 4 is 37.5 Å². The van der Waals surface area contributed by atoms with Gasteiger partial charge in [-0.15, -0.1) is 0 Å². The van der Waals surface area contributed by atoms with E-state index in [9.17, 15) is 13.2 Å². The summed E-state index contributed by atoms with van der Waals surface area (Å²) >= 11 is 3.43. The molecule has 7 heteroatoms. The van der Waals surface area contributed by atoms with Crippen molar-refractivity contribution in [2.24, 2.45) is 0 Å². The van der Waals surface area contributed by atoms with Gasteiger partial charge in [0.15, 0.2) is 0 Å². The molecular formula is C22H27BrN2O3S. The average molecular weight is 479 g/mol.